The first kappa shape index (κ1) is 8.85. The topological polar surface area (TPSA) is 46.2 Å². The van der Waals surface area contributed by atoms with Crippen molar-refractivity contribution in [2.45, 2.75) is 25.3 Å². The Morgan fingerprint density at radius 2 is 2.08 bits per heavy atom. The molecule has 1 fully saturated rings. The molecule has 0 bridgehead atoms. The summed E-state index contributed by atoms with van der Waals surface area (Å²) in [7, 11) is 0. The largest absolute Gasteiger partial charge is 0.507 e. The number of phenolic OH excluding ortho intramolecular Hbond substituents is 1. The van der Waals surface area contributed by atoms with Crippen molar-refractivity contribution in [2.75, 3.05) is 0 Å². The van der Waals surface area contributed by atoms with Crippen molar-refractivity contribution in [3.05, 3.63) is 28.3 Å². The van der Waals surface area contributed by atoms with Crippen molar-refractivity contribution in [3.63, 3.8) is 0 Å². The zero-order valence-corrected chi connectivity index (χ0v) is 8.23. The van der Waals surface area contributed by atoms with Gasteiger partial charge in [0.25, 0.3) is 0 Å². The number of phenols is 1. The van der Waals surface area contributed by atoms with Gasteiger partial charge in [0.2, 0.25) is 0 Å². The summed E-state index contributed by atoms with van der Waals surface area (Å²) < 4.78 is 0. The van der Waals surface area contributed by atoms with Crippen LogP contribution in [0.1, 0.15) is 24.0 Å². The van der Waals surface area contributed by atoms with E-state index in [1.807, 2.05) is 6.92 Å². The van der Waals surface area contributed by atoms with E-state index in [-0.39, 0.29) is 11.3 Å². The molecule has 0 unspecified atom stereocenters. The van der Waals surface area contributed by atoms with Crippen molar-refractivity contribution in [1.29, 1.82) is 0 Å². The summed E-state index contributed by atoms with van der Waals surface area (Å²) in [5.41, 5.74) is 7.17. The van der Waals surface area contributed by atoms with Crippen molar-refractivity contribution in [3.8, 4) is 5.75 Å². The van der Waals surface area contributed by atoms with Gasteiger partial charge in [0.1, 0.15) is 5.75 Å². The second-order valence-electron chi connectivity index (χ2n) is 3.74. The minimum absolute atomic E-state index is 0.257. The van der Waals surface area contributed by atoms with Gasteiger partial charge < -0.3 is 10.8 Å². The molecule has 1 saturated carbocycles. The molecule has 2 nitrogen and oxygen atoms in total. The molecule has 0 atom stereocenters. The van der Waals surface area contributed by atoms with Crippen molar-refractivity contribution < 1.29 is 5.11 Å². The Morgan fingerprint density at radius 1 is 1.46 bits per heavy atom. The molecule has 0 aliphatic heterocycles. The highest BCUT2D eigenvalue weighted by Gasteiger charge is 2.43. The fourth-order valence-corrected chi connectivity index (χ4v) is 1.87. The second-order valence-corrected chi connectivity index (χ2v) is 4.15. The van der Waals surface area contributed by atoms with Crippen LogP contribution in [0.4, 0.5) is 0 Å². The molecule has 1 aromatic carbocycles. The number of aryl methyl sites for hydroxylation is 1. The third-order valence-electron chi connectivity index (χ3n) is 2.62. The van der Waals surface area contributed by atoms with Crippen LogP contribution in [-0.2, 0) is 5.54 Å². The second kappa shape index (κ2) is 2.63. The summed E-state index contributed by atoms with van der Waals surface area (Å²) in [6.45, 7) is 1.85. The molecule has 3 N–H and O–H groups in total. The summed E-state index contributed by atoms with van der Waals surface area (Å²) in [5, 5.41) is 10.4. The normalized spacial score (nSPS) is 18.7. The highest BCUT2D eigenvalue weighted by molar-refractivity contribution is 6.31. The van der Waals surface area contributed by atoms with Crippen LogP contribution < -0.4 is 5.73 Å². The molecular weight excluding hydrogens is 186 g/mol. The first-order chi connectivity index (χ1) is 6.04. The maximum Gasteiger partial charge on any atom is 0.125 e. The standard InChI is InChI=1S/C10H12ClNO/c1-6-2-3-7(11)8(9(6)13)10(12)4-5-10/h2-3,13H,4-5,12H2,1H3. The number of halogens is 1. The SMILES string of the molecule is Cc1ccc(Cl)c(C2(N)CC2)c1O. The van der Waals surface area contributed by atoms with E-state index >= 15 is 0 Å². The van der Waals surface area contributed by atoms with Crippen molar-refractivity contribution >= 4 is 11.6 Å². The van der Waals surface area contributed by atoms with E-state index in [0.29, 0.717) is 10.6 Å². The van der Waals surface area contributed by atoms with Gasteiger partial charge in [0.05, 0.1) is 0 Å². The van der Waals surface area contributed by atoms with Crippen molar-refractivity contribution in [2.24, 2.45) is 5.73 Å². The smallest absolute Gasteiger partial charge is 0.125 e. The first-order valence-electron chi connectivity index (χ1n) is 4.32. The average Bonchev–Trinajstić information content (AvgIpc) is 2.78. The molecule has 1 aromatic rings. The lowest BCUT2D eigenvalue weighted by molar-refractivity contribution is 0.455. The maximum absolute atomic E-state index is 9.79. The lowest BCUT2D eigenvalue weighted by Crippen LogP contribution is -2.19. The van der Waals surface area contributed by atoms with Crippen LogP contribution in [0.3, 0.4) is 0 Å². The molecule has 2 rings (SSSR count). The number of nitrogens with two attached hydrogens (primary N) is 1. The lowest BCUT2D eigenvalue weighted by atomic mass is 10.0. The monoisotopic (exact) mass is 197 g/mol. The fraction of sp³-hybridized carbons (Fsp3) is 0.400. The highest BCUT2D eigenvalue weighted by Crippen LogP contribution is 2.49. The third-order valence-corrected chi connectivity index (χ3v) is 2.93. The molecule has 0 heterocycles. The molecule has 3 heteroatoms. The van der Waals surface area contributed by atoms with E-state index in [2.05, 4.69) is 0 Å². The number of hydrogen-bond acceptors (Lipinski definition) is 2. The molecule has 1 aliphatic carbocycles. The molecule has 1 aliphatic rings. The van der Waals surface area contributed by atoms with Crippen LogP contribution in [0.5, 0.6) is 5.75 Å². The van der Waals surface area contributed by atoms with Gasteiger partial charge in [-0.2, -0.15) is 0 Å². The Hall–Kier alpha value is -0.730. The number of rotatable bonds is 1. The summed E-state index contributed by atoms with van der Waals surface area (Å²) in [4.78, 5) is 0. The molecule has 70 valence electrons. The molecule has 0 spiro atoms. The Labute approximate surface area is 82.3 Å². The average molecular weight is 198 g/mol. The third kappa shape index (κ3) is 1.30. The van der Waals surface area contributed by atoms with Gasteiger partial charge in [0, 0.05) is 16.1 Å². The van der Waals surface area contributed by atoms with E-state index < -0.39 is 0 Å². The summed E-state index contributed by atoms with van der Waals surface area (Å²) in [6.07, 6.45) is 1.81. The number of hydrogen-bond donors (Lipinski definition) is 2. The molecule has 13 heavy (non-hydrogen) atoms. The van der Waals surface area contributed by atoms with Crippen LogP contribution in [0.15, 0.2) is 12.1 Å². The minimum Gasteiger partial charge on any atom is -0.507 e. The zero-order chi connectivity index (χ0) is 9.64. The van der Waals surface area contributed by atoms with Crippen molar-refractivity contribution in [1.82, 2.24) is 0 Å². The Bertz CT molecular complexity index is 358. The zero-order valence-electron chi connectivity index (χ0n) is 7.47. The Kier molecular flexibility index (Phi) is 1.79. The summed E-state index contributed by atoms with van der Waals surface area (Å²) in [5.74, 6) is 0.257. The molecule has 0 saturated heterocycles. The molecular formula is C10H12ClNO. The minimum atomic E-state index is -0.368. The molecule has 0 radical (unpaired) electrons. The van der Waals surface area contributed by atoms with Gasteiger partial charge in [-0.1, -0.05) is 17.7 Å². The van der Waals surface area contributed by atoms with Gasteiger partial charge in [0.15, 0.2) is 0 Å². The van der Waals surface area contributed by atoms with Gasteiger partial charge in [-0.15, -0.1) is 0 Å². The Morgan fingerprint density at radius 3 is 2.62 bits per heavy atom. The number of aromatic hydroxyl groups is 1. The maximum atomic E-state index is 9.79. The highest BCUT2D eigenvalue weighted by atomic mass is 35.5. The van der Waals surface area contributed by atoms with E-state index in [1.165, 1.54) is 0 Å². The predicted octanol–water partition coefficient (Wildman–Crippen LogP) is 2.30. The number of benzene rings is 1. The van der Waals surface area contributed by atoms with E-state index in [4.69, 9.17) is 17.3 Å². The van der Waals surface area contributed by atoms with Gasteiger partial charge in [-0.3, -0.25) is 0 Å². The van der Waals surface area contributed by atoms with Crippen LogP contribution in [-0.4, -0.2) is 5.11 Å². The van der Waals surface area contributed by atoms with E-state index in [0.717, 1.165) is 18.4 Å². The van der Waals surface area contributed by atoms with Crippen LogP contribution in [0.2, 0.25) is 5.02 Å². The van der Waals surface area contributed by atoms with Crippen LogP contribution in [0, 0.1) is 6.92 Å². The van der Waals surface area contributed by atoms with Gasteiger partial charge in [-0.25, -0.2) is 0 Å². The summed E-state index contributed by atoms with van der Waals surface area (Å²) in [6, 6.07) is 3.59. The molecule has 0 aromatic heterocycles. The van der Waals surface area contributed by atoms with Gasteiger partial charge >= 0.3 is 0 Å². The van der Waals surface area contributed by atoms with Gasteiger partial charge in [-0.05, 0) is 31.4 Å². The van der Waals surface area contributed by atoms with Crippen LogP contribution in [0.25, 0.3) is 0 Å². The fourth-order valence-electron chi connectivity index (χ4n) is 1.53. The van der Waals surface area contributed by atoms with Crippen LogP contribution >= 0.6 is 11.6 Å². The Balaban J connectivity index is 2.61. The quantitative estimate of drug-likeness (QED) is 0.726. The predicted molar refractivity (Wildman–Crippen MR) is 53.0 cm³/mol. The molecule has 0 amide bonds. The van der Waals surface area contributed by atoms with E-state index in [9.17, 15) is 5.11 Å². The summed E-state index contributed by atoms with van der Waals surface area (Å²) >= 11 is 5.99. The van der Waals surface area contributed by atoms with E-state index in [1.54, 1.807) is 12.1 Å². The first-order valence-corrected chi connectivity index (χ1v) is 4.70. The lowest BCUT2D eigenvalue weighted by Gasteiger charge is -2.14.